The second kappa shape index (κ2) is 4.40. The fourth-order valence-electron chi connectivity index (χ4n) is 1.49. The number of hydrogen-bond donors (Lipinski definition) is 2. The third-order valence-electron chi connectivity index (χ3n) is 2.54. The number of pyridine rings is 1. The van der Waals surface area contributed by atoms with Crippen LogP contribution >= 0.6 is 0 Å². The van der Waals surface area contributed by atoms with Crippen molar-refractivity contribution in [2.45, 2.75) is 6.92 Å². The van der Waals surface area contributed by atoms with Gasteiger partial charge in [0.15, 0.2) is 0 Å². The van der Waals surface area contributed by atoms with E-state index in [2.05, 4.69) is 15.6 Å². The summed E-state index contributed by atoms with van der Waals surface area (Å²) in [5, 5.41) is 6.05. The van der Waals surface area contributed by atoms with Crippen molar-refractivity contribution < 1.29 is 4.79 Å². The molecule has 0 spiro atoms. The van der Waals surface area contributed by atoms with E-state index in [-0.39, 0.29) is 5.91 Å². The monoisotopic (exact) mass is 205 g/mol. The van der Waals surface area contributed by atoms with Crippen molar-refractivity contribution >= 4 is 5.91 Å². The van der Waals surface area contributed by atoms with Crippen LogP contribution in [0.25, 0.3) is 0 Å². The van der Waals surface area contributed by atoms with Gasteiger partial charge in [-0.15, -0.1) is 0 Å². The summed E-state index contributed by atoms with van der Waals surface area (Å²) in [6, 6.07) is 5.47. The molecule has 0 atom stereocenters. The molecule has 1 aliphatic rings. The molecule has 1 aromatic heterocycles. The van der Waals surface area contributed by atoms with E-state index >= 15 is 0 Å². The topological polar surface area (TPSA) is 54.0 Å². The Kier molecular flexibility index (Phi) is 2.97. The lowest BCUT2D eigenvalue weighted by Gasteiger charge is -2.26. The smallest absolute Gasteiger partial charge is 0.269 e. The molecule has 1 amide bonds. The van der Waals surface area contributed by atoms with E-state index in [1.165, 1.54) is 0 Å². The molecule has 80 valence electrons. The van der Waals surface area contributed by atoms with E-state index in [1.54, 1.807) is 6.07 Å². The normalized spacial score (nSPS) is 15.8. The van der Waals surface area contributed by atoms with Crippen molar-refractivity contribution in [1.29, 1.82) is 0 Å². The summed E-state index contributed by atoms with van der Waals surface area (Å²) >= 11 is 0. The lowest BCUT2D eigenvalue weighted by Crippen LogP contribution is -2.48. The van der Waals surface area contributed by atoms with Gasteiger partial charge in [-0.2, -0.15) is 0 Å². The van der Waals surface area contributed by atoms with Crippen molar-refractivity contribution in [1.82, 2.24) is 15.6 Å². The van der Waals surface area contributed by atoms with E-state index in [9.17, 15) is 4.79 Å². The maximum Gasteiger partial charge on any atom is 0.269 e. The molecule has 2 N–H and O–H groups in total. The number of rotatable bonds is 3. The standard InChI is InChI=1S/C11H15N3O/c1-8-3-2-4-10(14-8)11(15)13-7-9-5-12-6-9/h2-4,9,12H,5-7H2,1H3,(H,13,15). The molecule has 4 nitrogen and oxygen atoms in total. The Bertz CT molecular complexity index is 361. The Balaban J connectivity index is 1.89. The van der Waals surface area contributed by atoms with Gasteiger partial charge in [-0.1, -0.05) is 6.07 Å². The minimum absolute atomic E-state index is 0.0781. The zero-order valence-electron chi connectivity index (χ0n) is 8.79. The molecule has 0 bridgehead atoms. The Morgan fingerprint density at radius 3 is 3.00 bits per heavy atom. The Labute approximate surface area is 89.1 Å². The van der Waals surface area contributed by atoms with Crippen LogP contribution in [-0.2, 0) is 0 Å². The van der Waals surface area contributed by atoms with Gasteiger partial charge < -0.3 is 10.6 Å². The molecule has 2 heterocycles. The molecule has 2 rings (SSSR count). The van der Waals surface area contributed by atoms with Gasteiger partial charge >= 0.3 is 0 Å². The van der Waals surface area contributed by atoms with Crippen LogP contribution in [0.4, 0.5) is 0 Å². The molecule has 0 saturated carbocycles. The van der Waals surface area contributed by atoms with Crippen LogP contribution < -0.4 is 10.6 Å². The minimum atomic E-state index is -0.0781. The number of nitrogens with zero attached hydrogens (tertiary/aromatic N) is 1. The number of nitrogens with one attached hydrogen (secondary N) is 2. The molecule has 1 aliphatic heterocycles. The average molecular weight is 205 g/mol. The van der Waals surface area contributed by atoms with E-state index in [0.717, 1.165) is 25.3 Å². The summed E-state index contributed by atoms with van der Waals surface area (Å²) in [6.45, 7) is 4.62. The minimum Gasteiger partial charge on any atom is -0.350 e. The van der Waals surface area contributed by atoms with Crippen molar-refractivity contribution in [2.75, 3.05) is 19.6 Å². The summed E-state index contributed by atoms with van der Waals surface area (Å²) in [5.74, 6) is 0.504. The average Bonchev–Trinajstić information content (AvgIpc) is 2.15. The second-order valence-electron chi connectivity index (χ2n) is 3.90. The molecule has 0 aliphatic carbocycles. The predicted octanol–water partition coefficient (Wildman–Crippen LogP) is 0.339. The van der Waals surface area contributed by atoms with Gasteiger partial charge in [0.25, 0.3) is 5.91 Å². The predicted molar refractivity (Wildman–Crippen MR) is 57.7 cm³/mol. The van der Waals surface area contributed by atoms with Crippen LogP contribution in [0.5, 0.6) is 0 Å². The van der Waals surface area contributed by atoms with Crippen molar-refractivity contribution in [3.63, 3.8) is 0 Å². The van der Waals surface area contributed by atoms with Crippen molar-refractivity contribution in [2.24, 2.45) is 5.92 Å². The second-order valence-corrected chi connectivity index (χ2v) is 3.90. The maximum absolute atomic E-state index is 11.6. The third kappa shape index (κ3) is 2.53. The number of carbonyl (C=O) groups is 1. The van der Waals surface area contributed by atoms with Crippen LogP contribution in [0.2, 0.25) is 0 Å². The molecular weight excluding hydrogens is 190 g/mol. The van der Waals surface area contributed by atoms with Crippen LogP contribution in [0.1, 0.15) is 16.2 Å². The molecule has 1 aromatic rings. The first-order chi connectivity index (χ1) is 7.25. The summed E-state index contributed by atoms with van der Waals surface area (Å²) in [4.78, 5) is 15.8. The highest BCUT2D eigenvalue weighted by Gasteiger charge is 2.17. The van der Waals surface area contributed by atoms with Crippen LogP contribution in [-0.4, -0.2) is 30.5 Å². The summed E-state index contributed by atoms with van der Waals surface area (Å²) in [7, 11) is 0. The molecule has 1 saturated heterocycles. The molecule has 1 fully saturated rings. The first kappa shape index (κ1) is 10.1. The fraction of sp³-hybridized carbons (Fsp3) is 0.455. The van der Waals surface area contributed by atoms with Gasteiger partial charge in [-0.05, 0) is 19.1 Å². The largest absolute Gasteiger partial charge is 0.350 e. The number of carbonyl (C=O) groups excluding carboxylic acids is 1. The van der Waals surface area contributed by atoms with Crippen molar-refractivity contribution in [3.05, 3.63) is 29.6 Å². The highest BCUT2D eigenvalue weighted by molar-refractivity contribution is 5.92. The van der Waals surface area contributed by atoms with Gasteiger partial charge in [0.1, 0.15) is 5.69 Å². The molecule has 0 aromatic carbocycles. The van der Waals surface area contributed by atoms with Gasteiger partial charge in [-0.25, -0.2) is 4.98 Å². The van der Waals surface area contributed by atoms with Gasteiger partial charge in [0.05, 0.1) is 0 Å². The lowest BCUT2D eigenvalue weighted by atomic mass is 10.0. The van der Waals surface area contributed by atoms with Crippen LogP contribution in [0.15, 0.2) is 18.2 Å². The third-order valence-corrected chi connectivity index (χ3v) is 2.54. The molecule has 0 radical (unpaired) electrons. The number of amides is 1. The van der Waals surface area contributed by atoms with E-state index in [1.807, 2.05) is 19.1 Å². The van der Waals surface area contributed by atoms with Gasteiger partial charge in [-0.3, -0.25) is 4.79 Å². The van der Waals surface area contributed by atoms with Crippen LogP contribution in [0.3, 0.4) is 0 Å². The Morgan fingerprint density at radius 1 is 1.60 bits per heavy atom. The quantitative estimate of drug-likeness (QED) is 0.748. The maximum atomic E-state index is 11.6. The van der Waals surface area contributed by atoms with Crippen LogP contribution in [0, 0.1) is 12.8 Å². The summed E-state index contributed by atoms with van der Waals surface area (Å²) in [6.07, 6.45) is 0. The van der Waals surface area contributed by atoms with E-state index < -0.39 is 0 Å². The Morgan fingerprint density at radius 2 is 2.40 bits per heavy atom. The van der Waals surface area contributed by atoms with Gasteiger partial charge in [0, 0.05) is 31.2 Å². The molecule has 0 unspecified atom stereocenters. The zero-order valence-corrected chi connectivity index (χ0v) is 8.79. The summed E-state index contributed by atoms with van der Waals surface area (Å²) in [5.41, 5.74) is 1.37. The summed E-state index contributed by atoms with van der Waals surface area (Å²) < 4.78 is 0. The van der Waals surface area contributed by atoms with Crippen molar-refractivity contribution in [3.8, 4) is 0 Å². The molecule has 4 heteroatoms. The highest BCUT2D eigenvalue weighted by Crippen LogP contribution is 2.02. The zero-order chi connectivity index (χ0) is 10.7. The number of aromatic nitrogens is 1. The first-order valence-corrected chi connectivity index (χ1v) is 5.18. The fourth-order valence-corrected chi connectivity index (χ4v) is 1.49. The number of hydrogen-bond acceptors (Lipinski definition) is 3. The molecule has 15 heavy (non-hydrogen) atoms. The SMILES string of the molecule is Cc1cccc(C(=O)NCC2CNC2)n1. The molecular formula is C11H15N3O. The first-order valence-electron chi connectivity index (χ1n) is 5.18. The van der Waals surface area contributed by atoms with E-state index in [0.29, 0.717) is 11.6 Å². The lowest BCUT2D eigenvalue weighted by molar-refractivity contribution is 0.0937. The van der Waals surface area contributed by atoms with E-state index in [4.69, 9.17) is 0 Å². The number of aryl methyl sites for hydroxylation is 1. The Hall–Kier alpha value is -1.42. The van der Waals surface area contributed by atoms with Gasteiger partial charge in [0.2, 0.25) is 0 Å². The highest BCUT2D eigenvalue weighted by atomic mass is 16.1.